The Balaban J connectivity index is 1.57. The number of benzene rings is 5. The fraction of sp³-hybridized carbons (Fsp3) is 0.0345. The lowest BCUT2D eigenvalue weighted by Gasteiger charge is -2.26. The zero-order valence-corrected chi connectivity index (χ0v) is 16.6. The highest BCUT2D eigenvalue weighted by atomic mass is 15.1. The van der Waals surface area contributed by atoms with Gasteiger partial charge in [0.15, 0.2) is 0 Å². The van der Waals surface area contributed by atoms with E-state index in [4.69, 9.17) is 0 Å². The molecule has 1 nitrogen and oxygen atoms in total. The zero-order chi connectivity index (χ0) is 19.9. The number of hydrogen-bond donors (Lipinski definition) is 0. The number of nitrogens with zero attached hydrogens (tertiary/aromatic N) is 1. The quantitative estimate of drug-likeness (QED) is 0.300. The van der Waals surface area contributed by atoms with E-state index >= 15 is 0 Å². The van der Waals surface area contributed by atoms with E-state index in [2.05, 4.69) is 120 Å². The van der Waals surface area contributed by atoms with Crippen LogP contribution in [0.25, 0.3) is 21.9 Å². The van der Waals surface area contributed by atoms with Crippen molar-refractivity contribution < 1.29 is 0 Å². The number of hydrogen-bond acceptors (Lipinski definition) is 1. The first-order chi connectivity index (χ1) is 14.9. The standard InChI is InChI=1S/C29H21N/c1-3-10-24(11-4-1)30(25-12-5-2-6-13-25)26-18-17-22-19-23-16-15-21-9-7-8-14-27(21)29(23)28(22)20-26/h1-18,20H,19H2. The van der Waals surface area contributed by atoms with Gasteiger partial charge >= 0.3 is 0 Å². The molecule has 1 aliphatic carbocycles. The molecule has 0 atom stereocenters. The second kappa shape index (κ2) is 6.89. The first kappa shape index (κ1) is 17.1. The smallest absolute Gasteiger partial charge is 0.0467 e. The van der Waals surface area contributed by atoms with Crippen molar-refractivity contribution >= 4 is 27.8 Å². The van der Waals surface area contributed by atoms with Gasteiger partial charge in [0.25, 0.3) is 0 Å². The molecule has 30 heavy (non-hydrogen) atoms. The number of para-hydroxylation sites is 2. The molecule has 0 radical (unpaired) electrons. The fourth-order valence-corrected chi connectivity index (χ4v) is 4.68. The molecule has 0 aliphatic heterocycles. The Hall–Kier alpha value is -3.84. The third kappa shape index (κ3) is 2.71. The number of anilines is 3. The van der Waals surface area contributed by atoms with Crippen LogP contribution in [0.15, 0.2) is 115 Å². The summed E-state index contributed by atoms with van der Waals surface area (Å²) in [6.07, 6.45) is 1.01. The third-order valence-electron chi connectivity index (χ3n) is 6.05. The molecule has 142 valence electrons. The van der Waals surface area contributed by atoms with Crippen LogP contribution in [-0.2, 0) is 6.42 Å². The third-order valence-corrected chi connectivity index (χ3v) is 6.05. The molecule has 5 aromatic rings. The summed E-state index contributed by atoms with van der Waals surface area (Å²) >= 11 is 0. The predicted octanol–water partition coefficient (Wildman–Crippen LogP) is 7.88. The van der Waals surface area contributed by atoms with E-state index in [1.807, 2.05) is 0 Å². The van der Waals surface area contributed by atoms with E-state index in [0.29, 0.717) is 0 Å². The topological polar surface area (TPSA) is 3.24 Å². The zero-order valence-electron chi connectivity index (χ0n) is 16.6. The van der Waals surface area contributed by atoms with Gasteiger partial charge in [-0.3, -0.25) is 0 Å². The minimum Gasteiger partial charge on any atom is -0.310 e. The molecule has 0 spiro atoms. The van der Waals surface area contributed by atoms with E-state index in [-0.39, 0.29) is 0 Å². The monoisotopic (exact) mass is 383 g/mol. The van der Waals surface area contributed by atoms with Gasteiger partial charge in [0, 0.05) is 17.1 Å². The summed E-state index contributed by atoms with van der Waals surface area (Å²) in [6.45, 7) is 0. The molecule has 0 saturated carbocycles. The minimum absolute atomic E-state index is 1.01. The van der Waals surface area contributed by atoms with Crippen molar-refractivity contribution in [2.45, 2.75) is 6.42 Å². The van der Waals surface area contributed by atoms with Gasteiger partial charge in [-0.1, -0.05) is 78.9 Å². The van der Waals surface area contributed by atoms with Crippen molar-refractivity contribution in [1.82, 2.24) is 0 Å². The molecular formula is C29H21N. The molecule has 0 saturated heterocycles. The summed E-state index contributed by atoms with van der Waals surface area (Å²) in [5.41, 5.74) is 9.10. The summed E-state index contributed by atoms with van der Waals surface area (Å²) in [4.78, 5) is 2.34. The van der Waals surface area contributed by atoms with Crippen molar-refractivity contribution in [2.24, 2.45) is 0 Å². The molecular weight excluding hydrogens is 362 g/mol. The molecule has 6 rings (SSSR count). The summed E-state index contributed by atoms with van der Waals surface area (Å²) in [6, 6.07) is 41.4. The molecule has 0 heterocycles. The van der Waals surface area contributed by atoms with Crippen LogP contribution >= 0.6 is 0 Å². The van der Waals surface area contributed by atoms with Gasteiger partial charge in [0.2, 0.25) is 0 Å². The fourth-order valence-electron chi connectivity index (χ4n) is 4.68. The van der Waals surface area contributed by atoms with Gasteiger partial charge in [-0.15, -0.1) is 0 Å². The summed E-state index contributed by atoms with van der Waals surface area (Å²) in [7, 11) is 0. The predicted molar refractivity (Wildman–Crippen MR) is 127 cm³/mol. The van der Waals surface area contributed by atoms with Crippen LogP contribution in [0.2, 0.25) is 0 Å². The first-order valence-electron chi connectivity index (χ1n) is 10.4. The molecule has 0 aromatic heterocycles. The molecule has 0 fully saturated rings. The highest BCUT2D eigenvalue weighted by Crippen LogP contribution is 2.44. The average Bonchev–Trinajstić information content (AvgIpc) is 3.19. The highest BCUT2D eigenvalue weighted by molar-refractivity contribution is 6.02. The molecule has 0 bridgehead atoms. The van der Waals surface area contributed by atoms with E-state index in [1.54, 1.807) is 0 Å². The van der Waals surface area contributed by atoms with E-state index in [0.717, 1.165) is 6.42 Å². The second-order valence-electron chi connectivity index (χ2n) is 7.85. The lowest BCUT2D eigenvalue weighted by molar-refractivity contribution is 1.25. The van der Waals surface area contributed by atoms with Crippen LogP contribution in [0, 0.1) is 0 Å². The Morgan fingerprint density at radius 3 is 1.87 bits per heavy atom. The van der Waals surface area contributed by atoms with Crippen molar-refractivity contribution in [3.05, 3.63) is 126 Å². The Morgan fingerprint density at radius 2 is 1.13 bits per heavy atom. The largest absolute Gasteiger partial charge is 0.310 e. The Kier molecular flexibility index (Phi) is 3.92. The van der Waals surface area contributed by atoms with Crippen LogP contribution in [0.3, 0.4) is 0 Å². The summed E-state index contributed by atoms with van der Waals surface area (Å²) in [5.74, 6) is 0. The van der Waals surface area contributed by atoms with E-state index in [9.17, 15) is 0 Å². The SMILES string of the molecule is c1ccc(N(c2ccccc2)c2ccc3c(c2)-c2c(ccc4ccccc24)C3)cc1. The Morgan fingerprint density at radius 1 is 0.500 bits per heavy atom. The molecule has 0 N–H and O–H groups in total. The first-order valence-corrected chi connectivity index (χ1v) is 10.4. The summed E-state index contributed by atoms with van der Waals surface area (Å²) < 4.78 is 0. The van der Waals surface area contributed by atoms with Crippen molar-refractivity contribution in [3.63, 3.8) is 0 Å². The molecule has 0 unspecified atom stereocenters. The van der Waals surface area contributed by atoms with Crippen LogP contribution in [0.4, 0.5) is 17.1 Å². The highest BCUT2D eigenvalue weighted by Gasteiger charge is 2.22. The number of fused-ring (bicyclic) bond motifs is 5. The average molecular weight is 383 g/mol. The molecule has 1 aliphatic rings. The minimum atomic E-state index is 1.01. The van der Waals surface area contributed by atoms with Crippen LogP contribution in [0.5, 0.6) is 0 Å². The van der Waals surface area contributed by atoms with E-state index in [1.165, 1.54) is 50.1 Å². The maximum absolute atomic E-state index is 2.37. The van der Waals surface area contributed by atoms with Gasteiger partial charge in [-0.2, -0.15) is 0 Å². The lowest BCUT2D eigenvalue weighted by atomic mass is 9.97. The van der Waals surface area contributed by atoms with Gasteiger partial charge < -0.3 is 4.90 Å². The normalized spacial score (nSPS) is 11.9. The van der Waals surface area contributed by atoms with Gasteiger partial charge in [0.05, 0.1) is 0 Å². The second-order valence-corrected chi connectivity index (χ2v) is 7.85. The molecule has 5 aromatic carbocycles. The van der Waals surface area contributed by atoms with Crippen LogP contribution in [-0.4, -0.2) is 0 Å². The van der Waals surface area contributed by atoms with Crippen molar-refractivity contribution in [3.8, 4) is 11.1 Å². The van der Waals surface area contributed by atoms with Crippen LogP contribution < -0.4 is 4.90 Å². The Labute approximate surface area is 176 Å². The van der Waals surface area contributed by atoms with Gasteiger partial charge in [-0.25, -0.2) is 0 Å². The molecule has 0 amide bonds. The van der Waals surface area contributed by atoms with Gasteiger partial charge in [-0.05, 0) is 75.8 Å². The maximum Gasteiger partial charge on any atom is 0.0467 e. The van der Waals surface area contributed by atoms with Crippen molar-refractivity contribution in [2.75, 3.05) is 4.90 Å². The van der Waals surface area contributed by atoms with Crippen molar-refractivity contribution in [1.29, 1.82) is 0 Å². The molecule has 1 heteroatoms. The Bertz CT molecular complexity index is 1310. The lowest BCUT2D eigenvalue weighted by Crippen LogP contribution is -2.09. The maximum atomic E-state index is 2.37. The summed E-state index contributed by atoms with van der Waals surface area (Å²) in [5, 5.41) is 2.65. The number of rotatable bonds is 3. The van der Waals surface area contributed by atoms with Crippen LogP contribution in [0.1, 0.15) is 11.1 Å². The van der Waals surface area contributed by atoms with E-state index < -0.39 is 0 Å². The van der Waals surface area contributed by atoms with Gasteiger partial charge in [0.1, 0.15) is 0 Å².